The van der Waals surface area contributed by atoms with Gasteiger partial charge in [0.15, 0.2) is 12.7 Å². The molecular formula is C22H28N2O5. The molecule has 2 N–H and O–H groups in total. The first-order chi connectivity index (χ1) is 13.9. The van der Waals surface area contributed by atoms with Gasteiger partial charge in [0.25, 0.3) is 11.8 Å². The number of ether oxygens (including phenoxy) is 3. The fraction of sp³-hybridized carbons (Fsp3) is 0.364. The van der Waals surface area contributed by atoms with Crippen molar-refractivity contribution in [2.24, 2.45) is 0 Å². The van der Waals surface area contributed by atoms with Gasteiger partial charge < -0.3 is 14.2 Å². The van der Waals surface area contributed by atoms with Crippen LogP contribution in [0.15, 0.2) is 48.5 Å². The van der Waals surface area contributed by atoms with Crippen molar-refractivity contribution in [3.8, 4) is 17.2 Å². The van der Waals surface area contributed by atoms with Crippen LogP contribution in [0.3, 0.4) is 0 Å². The molecule has 0 spiro atoms. The quantitative estimate of drug-likeness (QED) is 0.632. The van der Waals surface area contributed by atoms with Crippen molar-refractivity contribution in [1.29, 1.82) is 0 Å². The first-order valence-electron chi connectivity index (χ1n) is 9.60. The molecular weight excluding hydrogens is 372 g/mol. The largest absolute Gasteiger partial charge is 0.494 e. The van der Waals surface area contributed by atoms with E-state index in [-0.39, 0.29) is 12.5 Å². The third kappa shape index (κ3) is 7.03. The van der Waals surface area contributed by atoms with Crippen molar-refractivity contribution in [2.75, 3.05) is 13.2 Å². The minimum absolute atomic E-state index is 0.210. The second-order valence-corrected chi connectivity index (χ2v) is 6.68. The Labute approximate surface area is 171 Å². The van der Waals surface area contributed by atoms with Gasteiger partial charge in [-0.2, -0.15) is 0 Å². The number of hydrazine groups is 1. The SMILES string of the molecule is CCOc1ccc(O[C@H](C)C(=O)NNC(=O)COc2ccccc2C(C)C)cc1. The number of carbonyl (C=O) groups is 2. The molecule has 0 bridgehead atoms. The summed E-state index contributed by atoms with van der Waals surface area (Å²) in [5, 5.41) is 0. The standard InChI is InChI=1S/C22H28N2O5/c1-5-27-17-10-12-18(13-11-17)29-16(4)22(26)24-23-21(25)14-28-20-9-7-6-8-19(20)15(2)3/h6-13,15-16H,5,14H2,1-4H3,(H,23,25)(H,24,26)/t16-/m1/s1. The molecule has 0 aromatic heterocycles. The minimum Gasteiger partial charge on any atom is -0.494 e. The highest BCUT2D eigenvalue weighted by Crippen LogP contribution is 2.25. The Kier molecular flexibility index (Phi) is 8.33. The molecule has 29 heavy (non-hydrogen) atoms. The van der Waals surface area contributed by atoms with Gasteiger partial charge in [0.2, 0.25) is 0 Å². The number of para-hydroxylation sites is 1. The Balaban J connectivity index is 1.77. The van der Waals surface area contributed by atoms with Gasteiger partial charge in [-0.1, -0.05) is 32.0 Å². The maximum Gasteiger partial charge on any atom is 0.279 e. The second-order valence-electron chi connectivity index (χ2n) is 6.68. The van der Waals surface area contributed by atoms with Gasteiger partial charge in [-0.05, 0) is 55.7 Å². The summed E-state index contributed by atoms with van der Waals surface area (Å²) in [5.74, 6) is 1.23. The van der Waals surface area contributed by atoms with Crippen molar-refractivity contribution in [3.05, 3.63) is 54.1 Å². The number of hydrogen-bond acceptors (Lipinski definition) is 5. The molecule has 1 atom stereocenters. The fourth-order valence-corrected chi connectivity index (χ4v) is 2.54. The topological polar surface area (TPSA) is 85.9 Å². The fourth-order valence-electron chi connectivity index (χ4n) is 2.54. The third-order valence-electron chi connectivity index (χ3n) is 4.04. The monoisotopic (exact) mass is 400 g/mol. The molecule has 0 saturated heterocycles. The van der Waals surface area contributed by atoms with Gasteiger partial charge >= 0.3 is 0 Å². The zero-order valence-electron chi connectivity index (χ0n) is 17.2. The van der Waals surface area contributed by atoms with E-state index in [2.05, 4.69) is 10.9 Å². The summed E-state index contributed by atoms with van der Waals surface area (Å²) in [5.41, 5.74) is 5.69. The van der Waals surface area contributed by atoms with E-state index >= 15 is 0 Å². The lowest BCUT2D eigenvalue weighted by Crippen LogP contribution is -2.48. The average Bonchev–Trinajstić information content (AvgIpc) is 2.72. The molecule has 0 aliphatic heterocycles. The van der Waals surface area contributed by atoms with Gasteiger partial charge in [-0.3, -0.25) is 20.4 Å². The highest BCUT2D eigenvalue weighted by atomic mass is 16.5. The molecule has 0 aliphatic rings. The smallest absolute Gasteiger partial charge is 0.279 e. The van der Waals surface area contributed by atoms with Crippen molar-refractivity contribution < 1.29 is 23.8 Å². The number of nitrogens with one attached hydrogen (secondary N) is 2. The highest BCUT2D eigenvalue weighted by molar-refractivity contribution is 5.85. The molecule has 7 nitrogen and oxygen atoms in total. The zero-order valence-corrected chi connectivity index (χ0v) is 17.2. The molecule has 0 aliphatic carbocycles. The average molecular weight is 400 g/mol. The molecule has 0 fully saturated rings. The number of benzene rings is 2. The molecule has 156 valence electrons. The van der Waals surface area contributed by atoms with Gasteiger partial charge in [0.1, 0.15) is 17.2 Å². The molecule has 2 rings (SSSR count). The Morgan fingerprint density at radius 1 is 0.897 bits per heavy atom. The van der Waals surface area contributed by atoms with E-state index in [9.17, 15) is 9.59 Å². The first-order valence-corrected chi connectivity index (χ1v) is 9.60. The Bertz CT molecular complexity index is 805. The number of hydrogen-bond donors (Lipinski definition) is 2. The van der Waals surface area contributed by atoms with Crippen molar-refractivity contribution in [1.82, 2.24) is 10.9 Å². The van der Waals surface area contributed by atoms with Gasteiger partial charge in [-0.25, -0.2) is 0 Å². The molecule has 0 unspecified atom stereocenters. The van der Waals surface area contributed by atoms with Crippen LogP contribution in [0.2, 0.25) is 0 Å². The van der Waals surface area contributed by atoms with Crippen LogP contribution in [0.1, 0.15) is 39.2 Å². The molecule has 0 radical (unpaired) electrons. The van der Waals surface area contributed by atoms with E-state index in [0.717, 1.165) is 11.3 Å². The normalized spacial score (nSPS) is 11.5. The lowest BCUT2D eigenvalue weighted by Gasteiger charge is -2.16. The lowest BCUT2D eigenvalue weighted by atomic mass is 10.0. The van der Waals surface area contributed by atoms with Crippen LogP contribution in [0.4, 0.5) is 0 Å². The van der Waals surface area contributed by atoms with E-state index in [1.165, 1.54) is 0 Å². The maximum atomic E-state index is 12.1. The van der Waals surface area contributed by atoms with E-state index in [1.807, 2.05) is 45.0 Å². The summed E-state index contributed by atoms with van der Waals surface area (Å²) < 4.78 is 16.5. The van der Waals surface area contributed by atoms with E-state index in [1.54, 1.807) is 31.2 Å². The maximum absolute atomic E-state index is 12.1. The number of rotatable bonds is 9. The van der Waals surface area contributed by atoms with Crippen LogP contribution in [0, 0.1) is 0 Å². The van der Waals surface area contributed by atoms with Crippen LogP contribution in [0.5, 0.6) is 17.2 Å². The van der Waals surface area contributed by atoms with Crippen molar-refractivity contribution >= 4 is 11.8 Å². The summed E-state index contributed by atoms with van der Waals surface area (Å²) in [6.07, 6.45) is -0.796. The molecule has 2 amide bonds. The highest BCUT2D eigenvalue weighted by Gasteiger charge is 2.16. The van der Waals surface area contributed by atoms with Crippen LogP contribution in [-0.2, 0) is 9.59 Å². The zero-order chi connectivity index (χ0) is 21.2. The summed E-state index contributed by atoms with van der Waals surface area (Å²) in [6, 6.07) is 14.5. The summed E-state index contributed by atoms with van der Waals surface area (Å²) >= 11 is 0. The third-order valence-corrected chi connectivity index (χ3v) is 4.04. The Morgan fingerprint density at radius 2 is 1.55 bits per heavy atom. The van der Waals surface area contributed by atoms with E-state index in [4.69, 9.17) is 14.2 Å². The Hall–Kier alpha value is -3.22. The van der Waals surface area contributed by atoms with Crippen LogP contribution >= 0.6 is 0 Å². The van der Waals surface area contributed by atoms with E-state index in [0.29, 0.717) is 18.1 Å². The van der Waals surface area contributed by atoms with E-state index < -0.39 is 17.9 Å². The summed E-state index contributed by atoms with van der Waals surface area (Å²) in [7, 11) is 0. The minimum atomic E-state index is -0.796. The van der Waals surface area contributed by atoms with Crippen LogP contribution in [-0.4, -0.2) is 31.1 Å². The van der Waals surface area contributed by atoms with Crippen LogP contribution in [0.25, 0.3) is 0 Å². The number of amides is 2. The van der Waals surface area contributed by atoms with Crippen LogP contribution < -0.4 is 25.1 Å². The molecule has 0 heterocycles. The lowest BCUT2D eigenvalue weighted by molar-refractivity contribution is -0.133. The Morgan fingerprint density at radius 3 is 2.21 bits per heavy atom. The predicted octanol–water partition coefficient (Wildman–Crippen LogP) is 3.20. The van der Waals surface area contributed by atoms with Crippen molar-refractivity contribution in [2.45, 2.75) is 39.7 Å². The predicted molar refractivity (Wildman–Crippen MR) is 110 cm³/mol. The molecule has 2 aromatic rings. The first kappa shape index (κ1) is 22.1. The van der Waals surface area contributed by atoms with Gasteiger partial charge in [-0.15, -0.1) is 0 Å². The molecule has 2 aromatic carbocycles. The second kappa shape index (κ2) is 10.9. The van der Waals surface area contributed by atoms with Gasteiger partial charge in [0, 0.05) is 0 Å². The molecule has 0 saturated carbocycles. The van der Waals surface area contributed by atoms with Crippen molar-refractivity contribution in [3.63, 3.8) is 0 Å². The summed E-state index contributed by atoms with van der Waals surface area (Å²) in [4.78, 5) is 24.1. The summed E-state index contributed by atoms with van der Waals surface area (Å²) in [6.45, 7) is 7.96. The molecule has 7 heteroatoms. The van der Waals surface area contributed by atoms with Gasteiger partial charge in [0.05, 0.1) is 6.61 Å². The number of carbonyl (C=O) groups excluding carboxylic acids is 2.